The molecule has 2 rings (SSSR count). The predicted molar refractivity (Wildman–Crippen MR) is 70.6 cm³/mol. The molecule has 0 amide bonds. The molecule has 1 N–H and O–H groups in total. The maximum absolute atomic E-state index is 4.42. The number of aromatic nitrogens is 2. The lowest BCUT2D eigenvalue weighted by Gasteiger charge is -2.35. The minimum atomic E-state index is 0.924. The first-order chi connectivity index (χ1) is 8.26. The van der Waals surface area contributed by atoms with Crippen LogP contribution >= 0.6 is 0 Å². The number of piperazine rings is 1. The van der Waals surface area contributed by atoms with E-state index in [4.69, 9.17) is 0 Å². The van der Waals surface area contributed by atoms with Crippen molar-refractivity contribution in [3.05, 3.63) is 11.9 Å². The highest BCUT2D eigenvalue weighted by molar-refractivity contribution is 5.57. The van der Waals surface area contributed by atoms with E-state index < -0.39 is 0 Å². The first-order valence-corrected chi connectivity index (χ1v) is 6.23. The normalized spacial score (nSPS) is 17.2. The first-order valence-electron chi connectivity index (χ1n) is 6.23. The molecule has 0 bridgehead atoms. The lowest BCUT2D eigenvalue weighted by molar-refractivity contribution is 0.270. The Hall–Kier alpha value is -1.36. The molecule has 0 radical (unpaired) electrons. The Morgan fingerprint density at radius 3 is 2.53 bits per heavy atom. The molecule has 1 aromatic heterocycles. The molecule has 1 fully saturated rings. The Bertz CT molecular complexity index is 371. The van der Waals surface area contributed by atoms with Crippen molar-refractivity contribution in [3.63, 3.8) is 0 Å². The van der Waals surface area contributed by atoms with Crippen LogP contribution in [0.25, 0.3) is 0 Å². The Morgan fingerprint density at radius 1 is 1.24 bits per heavy atom. The zero-order valence-corrected chi connectivity index (χ0v) is 10.9. The maximum atomic E-state index is 4.42. The van der Waals surface area contributed by atoms with Crippen molar-refractivity contribution < 1.29 is 0 Å². The van der Waals surface area contributed by atoms with Gasteiger partial charge < -0.3 is 15.1 Å². The SMILES string of the molecule is CCN1CCN(c2ncnc(NC)c2C)CC1. The van der Waals surface area contributed by atoms with Crippen LogP contribution in [-0.2, 0) is 0 Å². The van der Waals surface area contributed by atoms with E-state index in [2.05, 4.69) is 38.9 Å². The molecule has 1 aromatic rings. The van der Waals surface area contributed by atoms with Crippen molar-refractivity contribution in [2.75, 3.05) is 50.0 Å². The fourth-order valence-corrected chi connectivity index (χ4v) is 2.29. The van der Waals surface area contributed by atoms with E-state index in [1.807, 2.05) is 7.05 Å². The Kier molecular flexibility index (Phi) is 3.78. The summed E-state index contributed by atoms with van der Waals surface area (Å²) in [5, 5.41) is 3.11. The van der Waals surface area contributed by atoms with E-state index >= 15 is 0 Å². The largest absolute Gasteiger partial charge is 0.373 e. The third-order valence-electron chi connectivity index (χ3n) is 3.41. The average molecular weight is 235 g/mol. The van der Waals surface area contributed by atoms with Crippen LogP contribution in [0.3, 0.4) is 0 Å². The fraction of sp³-hybridized carbons (Fsp3) is 0.667. The van der Waals surface area contributed by atoms with Crippen LogP contribution in [0.15, 0.2) is 6.33 Å². The van der Waals surface area contributed by atoms with Gasteiger partial charge >= 0.3 is 0 Å². The van der Waals surface area contributed by atoms with E-state index in [1.54, 1.807) is 6.33 Å². The van der Waals surface area contributed by atoms with E-state index in [9.17, 15) is 0 Å². The molecular weight excluding hydrogens is 214 g/mol. The summed E-state index contributed by atoms with van der Waals surface area (Å²) in [6.45, 7) is 9.77. The van der Waals surface area contributed by atoms with Gasteiger partial charge in [-0.25, -0.2) is 9.97 Å². The zero-order chi connectivity index (χ0) is 12.3. The number of rotatable bonds is 3. The maximum Gasteiger partial charge on any atom is 0.137 e. The van der Waals surface area contributed by atoms with Gasteiger partial charge in [-0.05, 0) is 13.5 Å². The summed E-state index contributed by atoms with van der Waals surface area (Å²) in [6.07, 6.45) is 1.64. The molecule has 0 aromatic carbocycles. The van der Waals surface area contributed by atoms with Crippen LogP contribution < -0.4 is 10.2 Å². The van der Waals surface area contributed by atoms with Crippen LogP contribution in [0, 0.1) is 6.92 Å². The van der Waals surface area contributed by atoms with Crippen molar-refractivity contribution in [2.24, 2.45) is 0 Å². The van der Waals surface area contributed by atoms with Gasteiger partial charge in [-0.1, -0.05) is 6.92 Å². The van der Waals surface area contributed by atoms with Gasteiger partial charge in [0.25, 0.3) is 0 Å². The second kappa shape index (κ2) is 5.31. The van der Waals surface area contributed by atoms with Crippen molar-refractivity contribution in [1.82, 2.24) is 14.9 Å². The summed E-state index contributed by atoms with van der Waals surface area (Å²) in [7, 11) is 1.90. The molecule has 0 atom stereocenters. The Morgan fingerprint density at radius 2 is 1.94 bits per heavy atom. The first kappa shape index (κ1) is 12.1. The lowest BCUT2D eigenvalue weighted by atomic mass is 10.2. The summed E-state index contributed by atoms with van der Waals surface area (Å²) in [5.41, 5.74) is 1.14. The van der Waals surface area contributed by atoms with Gasteiger partial charge in [-0.15, -0.1) is 0 Å². The molecule has 0 saturated carbocycles. The number of likely N-dealkylation sites (N-methyl/N-ethyl adjacent to an activating group) is 1. The molecular formula is C12H21N5. The van der Waals surface area contributed by atoms with Crippen LogP contribution in [0.1, 0.15) is 12.5 Å². The monoisotopic (exact) mass is 235 g/mol. The second-order valence-corrected chi connectivity index (χ2v) is 4.34. The van der Waals surface area contributed by atoms with Gasteiger partial charge in [0.15, 0.2) is 0 Å². The zero-order valence-electron chi connectivity index (χ0n) is 10.9. The molecule has 5 heteroatoms. The van der Waals surface area contributed by atoms with Crippen LogP contribution in [0.2, 0.25) is 0 Å². The minimum absolute atomic E-state index is 0.924. The van der Waals surface area contributed by atoms with Gasteiger partial charge in [0.2, 0.25) is 0 Å². The van der Waals surface area contributed by atoms with Crippen LogP contribution in [-0.4, -0.2) is 54.6 Å². The fourth-order valence-electron chi connectivity index (χ4n) is 2.29. The molecule has 2 heterocycles. The highest BCUT2D eigenvalue weighted by Crippen LogP contribution is 2.22. The molecule has 0 unspecified atom stereocenters. The van der Waals surface area contributed by atoms with Gasteiger partial charge in [-0.2, -0.15) is 0 Å². The number of hydrogen-bond acceptors (Lipinski definition) is 5. The number of anilines is 2. The average Bonchev–Trinajstić information content (AvgIpc) is 2.39. The predicted octanol–water partition coefficient (Wildman–Crippen LogP) is 0.969. The third-order valence-corrected chi connectivity index (χ3v) is 3.41. The standard InChI is InChI=1S/C12H21N5/c1-4-16-5-7-17(8-6-16)12-10(2)11(13-3)14-9-15-12/h9H,4-8H2,1-3H3,(H,13,14,15). The molecule has 0 aliphatic carbocycles. The van der Waals surface area contributed by atoms with Crippen LogP contribution in [0.5, 0.6) is 0 Å². The summed E-state index contributed by atoms with van der Waals surface area (Å²) < 4.78 is 0. The topological polar surface area (TPSA) is 44.3 Å². The summed E-state index contributed by atoms with van der Waals surface area (Å²) in [5.74, 6) is 1.99. The molecule has 1 saturated heterocycles. The molecule has 17 heavy (non-hydrogen) atoms. The number of nitrogens with zero attached hydrogens (tertiary/aromatic N) is 4. The van der Waals surface area contributed by atoms with E-state index in [0.717, 1.165) is 49.9 Å². The highest BCUT2D eigenvalue weighted by Gasteiger charge is 2.19. The number of nitrogens with one attached hydrogen (secondary N) is 1. The van der Waals surface area contributed by atoms with E-state index in [-0.39, 0.29) is 0 Å². The van der Waals surface area contributed by atoms with E-state index in [1.165, 1.54) is 0 Å². The molecule has 0 spiro atoms. The summed E-state index contributed by atoms with van der Waals surface area (Å²) >= 11 is 0. The van der Waals surface area contributed by atoms with Gasteiger partial charge in [0, 0.05) is 38.8 Å². The van der Waals surface area contributed by atoms with Crippen molar-refractivity contribution in [3.8, 4) is 0 Å². The van der Waals surface area contributed by atoms with Crippen molar-refractivity contribution >= 4 is 11.6 Å². The highest BCUT2D eigenvalue weighted by atomic mass is 15.3. The van der Waals surface area contributed by atoms with Crippen molar-refractivity contribution in [2.45, 2.75) is 13.8 Å². The van der Waals surface area contributed by atoms with Gasteiger partial charge in [0.05, 0.1) is 0 Å². The molecule has 94 valence electrons. The third kappa shape index (κ3) is 2.49. The van der Waals surface area contributed by atoms with E-state index in [0.29, 0.717) is 0 Å². The quantitative estimate of drug-likeness (QED) is 0.845. The summed E-state index contributed by atoms with van der Waals surface area (Å²) in [4.78, 5) is 13.5. The second-order valence-electron chi connectivity index (χ2n) is 4.34. The molecule has 1 aliphatic heterocycles. The van der Waals surface area contributed by atoms with Crippen molar-refractivity contribution in [1.29, 1.82) is 0 Å². The lowest BCUT2D eigenvalue weighted by Crippen LogP contribution is -2.46. The Labute approximate surface area is 103 Å². The Balaban J connectivity index is 2.13. The molecule has 5 nitrogen and oxygen atoms in total. The number of hydrogen-bond donors (Lipinski definition) is 1. The smallest absolute Gasteiger partial charge is 0.137 e. The minimum Gasteiger partial charge on any atom is -0.373 e. The van der Waals surface area contributed by atoms with Crippen LogP contribution in [0.4, 0.5) is 11.6 Å². The molecule has 1 aliphatic rings. The van der Waals surface area contributed by atoms with Gasteiger partial charge in [-0.3, -0.25) is 0 Å². The summed E-state index contributed by atoms with van der Waals surface area (Å²) in [6, 6.07) is 0. The van der Waals surface area contributed by atoms with Gasteiger partial charge in [0.1, 0.15) is 18.0 Å².